The molecule has 0 aliphatic heterocycles. The standard InChI is InChI=1S/C8H12BNO4/c1-13-8(14-2)7-4-3-6(5-10-7)9(11)12/h3-5,8,11-12H,1-2H3. The zero-order valence-electron chi connectivity index (χ0n) is 8.04. The van der Waals surface area contributed by atoms with Gasteiger partial charge in [0.05, 0.1) is 5.69 Å². The fraction of sp³-hybridized carbons (Fsp3) is 0.375. The van der Waals surface area contributed by atoms with Gasteiger partial charge in [0.1, 0.15) is 0 Å². The van der Waals surface area contributed by atoms with Gasteiger partial charge in [0, 0.05) is 25.9 Å². The summed E-state index contributed by atoms with van der Waals surface area (Å²) in [5.41, 5.74) is 0.916. The van der Waals surface area contributed by atoms with Crippen molar-refractivity contribution in [1.82, 2.24) is 4.98 Å². The van der Waals surface area contributed by atoms with Crippen molar-refractivity contribution in [2.75, 3.05) is 14.2 Å². The molecule has 76 valence electrons. The lowest BCUT2D eigenvalue weighted by Gasteiger charge is -2.12. The van der Waals surface area contributed by atoms with Crippen LogP contribution in [-0.2, 0) is 9.47 Å². The average Bonchev–Trinajstić information content (AvgIpc) is 2.20. The molecule has 0 fully saturated rings. The molecule has 0 bridgehead atoms. The van der Waals surface area contributed by atoms with Gasteiger partial charge in [0.2, 0.25) is 6.29 Å². The van der Waals surface area contributed by atoms with Crippen LogP contribution in [0.2, 0.25) is 0 Å². The van der Waals surface area contributed by atoms with Crippen LogP contribution in [0.5, 0.6) is 0 Å². The second kappa shape index (κ2) is 5.06. The van der Waals surface area contributed by atoms with Crippen molar-refractivity contribution >= 4 is 12.6 Å². The molecule has 0 aromatic carbocycles. The van der Waals surface area contributed by atoms with Crippen LogP contribution >= 0.6 is 0 Å². The molecule has 1 aromatic heterocycles. The molecule has 0 unspecified atom stereocenters. The van der Waals surface area contributed by atoms with Crippen LogP contribution in [0.1, 0.15) is 12.0 Å². The summed E-state index contributed by atoms with van der Waals surface area (Å²) in [6.45, 7) is 0. The third kappa shape index (κ3) is 2.52. The number of hydrogen-bond acceptors (Lipinski definition) is 5. The molecule has 1 heterocycles. The molecule has 2 N–H and O–H groups in total. The molecule has 6 heteroatoms. The summed E-state index contributed by atoms with van der Waals surface area (Å²) in [6, 6.07) is 3.17. The number of nitrogens with zero attached hydrogens (tertiary/aromatic N) is 1. The normalized spacial score (nSPS) is 10.6. The molecule has 0 aliphatic carbocycles. The van der Waals surface area contributed by atoms with Gasteiger partial charge in [-0.25, -0.2) is 0 Å². The Morgan fingerprint density at radius 1 is 1.29 bits per heavy atom. The Labute approximate surface area is 82.5 Å². The number of pyridine rings is 1. The smallest absolute Gasteiger partial charge is 0.423 e. The van der Waals surface area contributed by atoms with Gasteiger partial charge in [0.15, 0.2) is 0 Å². The first-order valence-electron chi connectivity index (χ1n) is 4.06. The summed E-state index contributed by atoms with van der Waals surface area (Å²) < 4.78 is 9.95. The SMILES string of the molecule is COC(OC)c1ccc(B(O)O)cn1. The van der Waals surface area contributed by atoms with Crippen molar-refractivity contribution < 1.29 is 19.5 Å². The molecular weight excluding hydrogens is 185 g/mol. The first-order chi connectivity index (χ1) is 6.69. The highest BCUT2D eigenvalue weighted by Crippen LogP contribution is 2.12. The van der Waals surface area contributed by atoms with Crippen LogP contribution in [0.4, 0.5) is 0 Å². The Bertz CT molecular complexity index is 273. The van der Waals surface area contributed by atoms with Gasteiger partial charge in [-0.15, -0.1) is 0 Å². The first-order valence-corrected chi connectivity index (χ1v) is 4.06. The lowest BCUT2D eigenvalue weighted by molar-refractivity contribution is -0.108. The molecule has 0 atom stereocenters. The van der Waals surface area contributed by atoms with Crippen molar-refractivity contribution in [3.05, 3.63) is 24.0 Å². The van der Waals surface area contributed by atoms with E-state index in [4.69, 9.17) is 19.5 Å². The fourth-order valence-corrected chi connectivity index (χ4v) is 1.05. The van der Waals surface area contributed by atoms with E-state index in [0.29, 0.717) is 11.2 Å². The predicted molar refractivity (Wildman–Crippen MR) is 50.8 cm³/mol. The maximum absolute atomic E-state index is 8.82. The van der Waals surface area contributed by atoms with Crippen LogP contribution < -0.4 is 5.46 Å². The van der Waals surface area contributed by atoms with Crippen molar-refractivity contribution in [1.29, 1.82) is 0 Å². The minimum absolute atomic E-state index is 0.333. The Balaban J connectivity index is 2.81. The lowest BCUT2D eigenvalue weighted by atomic mass is 9.82. The lowest BCUT2D eigenvalue weighted by Crippen LogP contribution is -2.30. The largest absolute Gasteiger partial charge is 0.490 e. The monoisotopic (exact) mass is 197 g/mol. The van der Waals surface area contributed by atoms with E-state index in [0.717, 1.165) is 0 Å². The average molecular weight is 197 g/mol. The van der Waals surface area contributed by atoms with E-state index in [1.807, 2.05) is 0 Å². The van der Waals surface area contributed by atoms with Crippen molar-refractivity contribution in [3.63, 3.8) is 0 Å². The quantitative estimate of drug-likeness (QED) is 0.481. The molecule has 0 aliphatic rings. The summed E-state index contributed by atoms with van der Waals surface area (Å²) in [4.78, 5) is 3.97. The van der Waals surface area contributed by atoms with E-state index in [2.05, 4.69) is 4.98 Å². The summed E-state index contributed by atoms with van der Waals surface area (Å²) in [5, 5.41) is 17.6. The van der Waals surface area contributed by atoms with Crippen LogP contribution in [0.25, 0.3) is 0 Å². The van der Waals surface area contributed by atoms with E-state index in [1.54, 1.807) is 12.1 Å². The zero-order valence-corrected chi connectivity index (χ0v) is 8.04. The topological polar surface area (TPSA) is 71.8 Å². The van der Waals surface area contributed by atoms with Gasteiger partial charge >= 0.3 is 7.12 Å². The highest BCUT2D eigenvalue weighted by Gasteiger charge is 2.14. The second-order valence-corrected chi connectivity index (χ2v) is 2.69. The van der Waals surface area contributed by atoms with Gasteiger partial charge in [-0.1, -0.05) is 6.07 Å². The van der Waals surface area contributed by atoms with Crippen molar-refractivity contribution in [3.8, 4) is 0 Å². The molecule has 0 saturated carbocycles. The van der Waals surface area contributed by atoms with Gasteiger partial charge in [-0.2, -0.15) is 0 Å². The number of aromatic nitrogens is 1. The molecule has 0 spiro atoms. The van der Waals surface area contributed by atoms with Gasteiger partial charge < -0.3 is 19.5 Å². The number of methoxy groups -OCH3 is 2. The Hall–Kier alpha value is -0.945. The third-order valence-corrected chi connectivity index (χ3v) is 1.78. The predicted octanol–water partition coefficient (Wildman–Crippen LogP) is -0.947. The minimum atomic E-state index is -1.50. The Morgan fingerprint density at radius 3 is 2.29 bits per heavy atom. The number of rotatable bonds is 4. The zero-order chi connectivity index (χ0) is 10.6. The maximum atomic E-state index is 8.82. The van der Waals surface area contributed by atoms with Crippen LogP contribution in [-0.4, -0.2) is 36.4 Å². The molecular formula is C8H12BNO4. The van der Waals surface area contributed by atoms with E-state index in [1.165, 1.54) is 20.4 Å². The maximum Gasteiger partial charge on any atom is 0.490 e. The first kappa shape index (κ1) is 11.1. The van der Waals surface area contributed by atoms with Gasteiger partial charge in [-0.05, 0) is 6.07 Å². The minimum Gasteiger partial charge on any atom is -0.423 e. The molecule has 1 aromatic rings. The van der Waals surface area contributed by atoms with E-state index < -0.39 is 13.4 Å². The van der Waals surface area contributed by atoms with Gasteiger partial charge in [-0.3, -0.25) is 4.98 Å². The summed E-state index contributed by atoms with van der Waals surface area (Å²) in [6.07, 6.45) is 0.838. The Kier molecular flexibility index (Phi) is 4.03. The summed E-state index contributed by atoms with van der Waals surface area (Å²) >= 11 is 0. The summed E-state index contributed by atoms with van der Waals surface area (Å²) in [7, 11) is 1.51. The molecule has 0 saturated heterocycles. The molecule has 0 amide bonds. The highest BCUT2D eigenvalue weighted by molar-refractivity contribution is 6.58. The van der Waals surface area contributed by atoms with Crippen LogP contribution in [0, 0.1) is 0 Å². The van der Waals surface area contributed by atoms with Crippen LogP contribution in [0.3, 0.4) is 0 Å². The Morgan fingerprint density at radius 2 is 1.93 bits per heavy atom. The third-order valence-electron chi connectivity index (χ3n) is 1.78. The van der Waals surface area contributed by atoms with E-state index in [9.17, 15) is 0 Å². The van der Waals surface area contributed by atoms with Gasteiger partial charge in [0.25, 0.3) is 0 Å². The van der Waals surface area contributed by atoms with Crippen molar-refractivity contribution in [2.45, 2.75) is 6.29 Å². The molecule has 0 radical (unpaired) electrons. The summed E-state index contributed by atoms with van der Waals surface area (Å²) in [5.74, 6) is 0. The molecule has 14 heavy (non-hydrogen) atoms. The fourth-order valence-electron chi connectivity index (χ4n) is 1.05. The van der Waals surface area contributed by atoms with Crippen molar-refractivity contribution in [2.24, 2.45) is 0 Å². The van der Waals surface area contributed by atoms with E-state index >= 15 is 0 Å². The molecule has 5 nitrogen and oxygen atoms in total. The van der Waals surface area contributed by atoms with E-state index in [-0.39, 0.29) is 0 Å². The highest BCUT2D eigenvalue weighted by atomic mass is 16.7. The molecule has 1 rings (SSSR count). The second-order valence-electron chi connectivity index (χ2n) is 2.69. The van der Waals surface area contributed by atoms with Crippen LogP contribution in [0.15, 0.2) is 18.3 Å². The number of hydrogen-bond donors (Lipinski definition) is 2. The number of ether oxygens (including phenoxy) is 2.